The van der Waals surface area contributed by atoms with E-state index in [4.69, 9.17) is 4.74 Å². The first-order chi connectivity index (χ1) is 9.36. The van der Waals surface area contributed by atoms with E-state index in [1.807, 2.05) is 5.43 Å². The molecule has 110 valence electrons. The molecule has 1 amide bonds. The van der Waals surface area contributed by atoms with Crippen molar-refractivity contribution in [3.8, 4) is 0 Å². The Morgan fingerprint density at radius 3 is 2.55 bits per heavy atom. The number of aryl methyl sites for hydroxylation is 1. The molecule has 2 N–H and O–H groups in total. The van der Waals surface area contributed by atoms with Gasteiger partial charge in [0.05, 0.1) is 17.9 Å². The Hall–Kier alpha value is -2.25. The summed E-state index contributed by atoms with van der Waals surface area (Å²) in [5, 5.41) is 0. The Kier molecular flexibility index (Phi) is 5.36. The van der Waals surface area contributed by atoms with Crippen LogP contribution in [0.1, 0.15) is 22.8 Å². The number of rotatable bonds is 5. The molecule has 0 radical (unpaired) electrons. The van der Waals surface area contributed by atoms with Crippen LogP contribution in [0.25, 0.3) is 0 Å². The minimum atomic E-state index is -3.24. The van der Waals surface area contributed by atoms with Crippen LogP contribution in [0.4, 0.5) is 18.9 Å². The Bertz CT molecular complexity index is 521. The van der Waals surface area contributed by atoms with E-state index in [0.717, 1.165) is 12.1 Å². The predicted octanol–water partition coefficient (Wildman–Crippen LogP) is 2.02. The number of ether oxygens (including phenoxy) is 1. The highest BCUT2D eigenvalue weighted by atomic mass is 19.3. The number of alkyl halides is 2. The van der Waals surface area contributed by atoms with Crippen molar-refractivity contribution in [3.05, 3.63) is 29.1 Å². The van der Waals surface area contributed by atoms with Gasteiger partial charge in [-0.25, -0.2) is 9.18 Å². The van der Waals surface area contributed by atoms with E-state index in [2.05, 4.69) is 0 Å². The summed E-state index contributed by atoms with van der Waals surface area (Å²) in [6, 6.07) is 2.11. The highest BCUT2D eigenvalue weighted by Crippen LogP contribution is 2.20. The van der Waals surface area contributed by atoms with E-state index in [0.29, 0.717) is 5.56 Å². The average Bonchev–Trinajstić information content (AvgIpc) is 2.37. The molecule has 1 aromatic carbocycles. The van der Waals surface area contributed by atoms with Crippen molar-refractivity contribution in [1.82, 2.24) is 5.43 Å². The van der Waals surface area contributed by atoms with Crippen LogP contribution in [0.5, 0.6) is 0 Å². The number of nitrogens with one attached hydrogen (secondary N) is 2. The Morgan fingerprint density at radius 1 is 1.35 bits per heavy atom. The van der Waals surface area contributed by atoms with E-state index in [1.165, 1.54) is 6.92 Å². The monoisotopic (exact) mass is 290 g/mol. The first kappa shape index (κ1) is 15.8. The number of benzene rings is 1. The molecule has 0 aromatic heterocycles. The van der Waals surface area contributed by atoms with Crippen LogP contribution in [0, 0.1) is 12.7 Å². The first-order valence-electron chi connectivity index (χ1n) is 5.68. The first-order valence-corrected chi connectivity index (χ1v) is 5.68. The van der Waals surface area contributed by atoms with Crippen LogP contribution < -0.4 is 10.9 Å². The third kappa shape index (κ3) is 3.87. The summed E-state index contributed by atoms with van der Waals surface area (Å²) in [4.78, 5) is 22.3. The van der Waals surface area contributed by atoms with Crippen LogP contribution in [0.3, 0.4) is 0 Å². The molecule has 0 saturated carbocycles. The molecule has 0 unspecified atom stereocenters. The molecule has 0 fully saturated rings. The number of anilines is 1. The molecule has 1 rings (SSSR count). The molecule has 20 heavy (non-hydrogen) atoms. The fourth-order valence-corrected chi connectivity index (χ4v) is 1.38. The van der Waals surface area contributed by atoms with E-state index < -0.39 is 24.1 Å². The van der Waals surface area contributed by atoms with Crippen molar-refractivity contribution < 1.29 is 27.5 Å². The molecular weight excluding hydrogens is 277 g/mol. The van der Waals surface area contributed by atoms with Crippen molar-refractivity contribution in [2.45, 2.75) is 20.3 Å². The maximum absolute atomic E-state index is 13.6. The zero-order valence-electron chi connectivity index (χ0n) is 10.8. The number of hydrogen-bond donors (Lipinski definition) is 2. The standard InChI is InChI=1S/C12H13F3N2O3/c1-3-20-12(19)7-5-9(8(13)4-6(7)2)16-17-11(18)10(14)15/h4-5,10,16H,3H2,1-2H3,(H,17,18). The summed E-state index contributed by atoms with van der Waals surface area (Å²) in [6.45, 7) is 3.25. The summed E-state index contributed by atoms with van der Waals surface area (Å²) < 4.78 is 42.3. The summed E-state index contributed by atoms with van der Waals surface area (Å²) in [6.07, 6.45) is -3.24. The van der Waals surface area contributed by atoms with Gasteiger partial charge in [-0.15, -0.1) is 0 Å². The number of amides is 1. The second kappa shape index (κ2) is 6.78. The molecule has 0 heterocycles. The van der Waals surface area contributed by atoms with Gasteiger partial charge in [0.1, 0.15) is 5.82 Å². The van der Waals surface area contributed by atoms with Crippen LogP contribution in [0.15, 0.2) is 12.1 Å². The van der Waals surface area contributed by atoms with Crippen molar-refractivity contribution in [1.29, 1.82) is 0 Å². The van der Waals surface area contributed by atoms with Crippen molar-refractivity contribution in [2.75, 3.05) is 12.0 Å². The molecule has 0 aliphatic rings. The molecule has 0 atom stereocenters. The molecular formula is C12H13F3N2O3. The van der Waals surface area contributed by atoms with Crippen LogP contribution in [-0.4, -0.2) is 24.9 Å². The lowest BCUT2D eigenvalue weighted by Crippen LogP contribution is -2.34. The quantitative estimate of drug-likeness (QED) is 0.643. The maximum Gasteiger partial charge on any atom is 0.338 e. The highest BCUT2D eigenvalue weighted by molar-refractivity contribution is 5.92. The zero-order chi connectivity index (χ0) is 15.3. The van der Waals surface area contributed by atoms with Gasteiger partial charge in [-0.1, -0.05) is 0 Å². The smallest absolute Gasteiger partial charge is 0.338 e. The second-order valence-corrected chi connectivity index (χ2v) is 3.78. The average molecular weight is 290 g/mol. The summed E-state index contributed by atoms with van der Waals surface area (Å²) in [5.74, 6) is -3.08. The zero-order valence-corrected chi connectivity index (χ0v) is 10.8. The minimum absolute atomic E-state index is 0.0713. The Morgan fingerprint density at radius 2 is 2.00 bits per heavy atom. The predicted molar refractivity (Wildman–Crippen MR) is 64.9 cm³/mol. The van der Waals surface area contributed by atoms with Gasteiger partial charge >= 0.3 is 18.3 Å². The number of halogens is 3. The summed E-state index contributed by atoms with van der Waals surface area (Å²) >= 11 is 0. The van der Waals surface area contributed by atoms with Gasteiger partial charge in [-0.2, -0.15) is 8.78 Å². The summed E-state index contributed by atoms with van der Waals surface area (Å²) in [5.41, 5.74) is 3.71. The van der Waals surface area contributed by atoms with Gasteiger partial charge in [0.15, 0.2) is 0 Å². The van der Waals surface area contributed by atoms with Gasteiger partial charge in [0.25, 0.3) is 0 Å². The molecule has 5 nitrogen and oxygen atoms in total. The van der Waals surface area contributed by atoms with Crippen molar-refractivity contribution in [2.24, 2.45) is 0 Å². The molecule has 8 heteroatoms. The van der Waals surface area contributed by atoms with Crippen LogP contribution >= 0.6 is 0 Å². The van der Waals surface area contributed by atoms with E-state index >= 15 is 0 Å². The number of carbonyl (C=O) groups is 2. The number of hydrogen-bond acceptors (Lipinski definition) is 4. The number of hydrazine groups is 1. The fraction of sp³-hybridized carbons (Fsp3) is 0.333. The Labute approximate surface area is 113 Å². The fourth-order valence-electron chi connectivity index (χ4n) is 1.38. The molecule has 0 spiro atoms. The topological polar surface area (TPSA) is 67.4 Å². The number of esters is 1. The molecule has 0 aliphatic carbocycles. The Balaban J connectivity index is 2.94. The molecule has 0 aliphatic heterocycles. The highest BCUT2D eigenvalue weighted by Gasteiger charge is 2.17. The largest absolute Gasteiger partial charge is 0.462 e. The SMILES string of the molecule is CCOC(=O)c1cc(NNC(=O)C(F)F)c(F)cc1C. The van der Waals surface area contributed by atoms with Gasteiger partial charge in [0.2, 0.25) is 0 Å². The lowest BCUT2D eigenvalue weighted by atomic mass is 10.1. The van der Waals surface area contributed by atoms with Crippen molar-refractivity contribution in [3.63, 3.8) is 0 Å². The van der Waals surface area contributed by atoms with Crippen molar-refractivity contribution >= 4 is 17.6 Å². The lowest BCUT2D eigenvalue weighted by Gasteiger charge is -2.12. The molecule has 0 saturated heterocycles. The molecule has 0 bridgehead atoms. The third-order valence-electron chi connectivity index (χ3n) is 2.33. The molecule has 1 aromatic rings. The number of carbonyl (C=O) groups excluding carboxylic acids is 2. The summed E-state index contributed by atoms with van der Waals surface area (Å²) in [7, 11) is 0. The van der Waals surface area contributed by atoms with Gasteiger partial charge in [-0.3, -0.25) is 15.6 Å². The van der Waals surface area contributed by atoms with Gasteiger partial charge in [0, 0.05) is 0 Å². The lowest BCUT2D eigenvalue weighted by molar-refractivity contribution is -0.131. The van der Waals surface area contributed by atoms with E-state index in [-0.39, 0.29) is 17.9 Å². The van der Waals surface area contributed by atoms with Gasteiger partial charge in [-0.05, 0) is 31.5 Å². The van der Waals surface area contributed by atoms with E-state index in [9.17, 15) is 22.8 Å². The van der Waals surface area contributed by atoms with Gasteiger partial charge < -0.3 is 4.74 Å². The maximum atomic E-state index is 13.6. The third-order valence-corrected chi connectivity index (χ3v) is 2.33. The minimum Gasteiger partial charge on any atom is -0.462 e. The van der Waals surface area contributed by atoms with Crippen LogP contribution in [-0.2, 0) is 9.53 Å². The van der Waals surface area contributed by atoms with Crippen LogP contribution in [0.2, 0.25) is 0 Å². The normalized spacial score (nSPS) is 10.3. The van der Waals surface area contributed by atoms with E-state index in [1.54, 1.807) is 12.3 Å². The second-order valence-electron chi connectivity index (χ2n) is 3.78.